The lowest BCUT2D eigenvalue weighted by molar-refractivity contribution is 0.0524. The number of hydrogen-bond acceptors (Lipinski definition) is 7. The van der Waals surface area contributed by atoms with E-state index >= 15 is 0 Å². The number of hydrogen-bond donors (Lipinski definition) is 0. The second-order valence-electron chi connectivity index (χ2n) is 6.77. The molecule has 0 amide bonds. The summed E-state index contributed by atoms with van der Waals surface area (Å²) in [6.45, 7) is 8.39. The minimum absolute atomic E-state index is 0.303. The maximum Gasteiger partial charge on any atom is 0.340 e. The van der Waals surface area contributed by atoms with Crippen molar-refractivity contribution in [2.75, 3.05) is 6.61 Å². The standard InChI is InChI=1S/C23H22N4O3S/c1-4-12-27-21(19-11-8-13-30-19)25-26-23(27)31-14-18-20(22(28)29-5-2)15(3)16-9-6-7-10-17(16)24-18/h4,6-11,13H,1,5,12,14H2,2-3H3. The summed E-state index contributed by atoms with van der Waals surface area (Å²) < 4.78 is 12.7. The molecule has 3 heterocycles. The first-order valence-corrected chi connectivity index (χ1v) is 10.9. The SMILES string of the molecule is C=CCn1c(SCc2nc3ccccc3c(C)c2C(=O)OCC)nnc1-c1ccco1. The number of thioether (sulfide) groups is 1. The molecule has 8 heteroatoms. The summed E-state index contributed by atoms with van der Waals surface area (Å²) in [6.07, 6.45) is 3.38. The van der Waals surface area contributed by atoms with Crippen LogP contribution in [0.1, 0.15) is 28.5 Å². The molecule has 1 aromatic carbocycles. The Labute approximate surface area is 184 Å². The molecule has 4 aromatic rings. The largest absolute Gasteiger partial charge is 0.462 e. The van der Waals surface area contributed by atoms with Crippen LogP contribution in [0.25, 0.3) is 22.5 Å². The maximum atomic E-state index is 12.7. The topological polar surface area (TPSA) is 83.0 Å². The molecule has 0 aliphatic carbocycles. The minimum Gasteiger partial charge on any atom is -0.462 e. The van der Waals surface area contributed by atoms with E-state index in [9.17, 15) is 4.79 Å². The Bertz CT molecular complexity index is 1230. The van der Waals surface area contributed by atoms with E-state index < -0.39 is 0 Å². The lowest BCUT2D eigenvalue weighted by Gasteiger charge is -2.14. The molecule has 31 heavy (non-hydrogen) atoms. The average Bonchev–Trinajstić information content (AvgIpc) is 3.43. The summed E-state index contributed by atoms with van der Waals surface area (Å²) in [5, 5.41) is 10.2. The zero-order valence-corrected chi connectivity index (χ0v) is 18.2. The molecule has 158 valence electrons. The van der Waals surface area contributed by atoms with Gasteiger partial charge in [-0.15, -0.1) is 16.8 Å². The van der Waals surface area contributed by atoms with E-state index in [1.807, 2.05) is 47.9 Å². The molecule has 0 saturated heterocycles. The van der Waals surface area contributed by atoms with Crippen LogP contribution in [0, 0.1) is 6.92 Å². The molecule has 0 saturated carbocycles. The van der Waals surface area contributed by atoms with Gasteiger partial charge in [0, 0.05) is 17.7 Å². The van der Waals surface area contributed by atoms with Gasteiger partial charge >= 0.3 is 5.97 Å². The molecule has 0 atom stereocenters. The molecule has 3 aromatic heterocycles. The molecule has 4 rings (SSSR count). The molecular weight excluding hydrogens is 412 g/mol. The zero-order chi connectivity index (χ0) is 21.8. The van der Waals surface area contributed by atoms with Crippen LogP contribution in [0.15, 0.2) is 64.9 Å². The first-order valence-electron chi connectivity index (χ1n) is 9.90. The van der Waals surface area contributed by atoms with E-state index in [0.29, 0.717) is 46.9 Å². The van der Waals surface area contributed by atoms with Crippen LogP contribution in [-0.4, -0.2) is 32.3 Å². The summed E-state index contributed by atoms with van der Waals surface area (Å²) in [5.41, 5.74) is 2.87. The van der Waals surface area contributed by atoms with Crippen LogP contribution in [-0.2, 0) is 17.0 Å². The number of para-hydroxylation sites is 1. The van der Waals surface area contributed by atoms with Gasteiger partial charge in [0.1, 0.15) is 0 Å². The molecule has 7 nitrogen and oxygen atoms in total. The van der Waals surface area contributed by atoms with E-state index in [1.165, 1.54) is 11.8 Å². The van der Waals surface area contributed by atoms with Gasteiger partial charge in [0.25, 0.3) is 0 Å². The smallest absolute Gasteiger partial charge is 0.340 e. The summed E-state index contributed by atoms with van der Waals surface area (Å²) in [4.78, 5) is 17.5. The Hall–Kier alpha value is -3.39. The van der Waals surface area contributed by atoms with Crippen molar-refractivity contribution in [2.45, 2.75) is 31.3 Å². The zero-order valence-electron chi connectivity index (χ0n) is 17.4. The molecule has 0 aliphatic heterocycles. The first-order chi connectivity index (χ1) is 15.1. The molecule has 0 bridgehead atoms. The van der Waals surface area contributed by atoms with Crippen molar-refractivity contribution in [3.8, 4) is 11.6 Å². The third kappa shape index (κ3) is 4.11. The molecular formula is C23H22N4O3S. The van der Waals surface area contributed by atoms with E-state index in [1.54, 1.807) is 19.3 Å². The fourth-order valence-electron chi connectivity index (χ4n) is 3.43. The average molecular weight is 435 g/mol. The van der Waals surface area contributed by atoms with Gasteiger partial charge in [0.05, 0.1) is 29.6 Å². The molecule has 0 N–H and O–H groups in total. The minimum atomic E-state index is -0.363. The van der Waals surface area contributed by atoms with E-state index in [4.69, 9.17) is 14.1 Å². The van der Waals surface area contributed by atoms with Gasteiger partial charge in [0.2, 0.25) is 5.82 Å². The number of fused-ring (bicyclic) bond motifs is 1. The van der Waals surface area contributed by atoms with Crippen molar-refractivity contribution < 1.29 is 13.9 Å². The summed E-state index contributed by atoms with van der Waals surface area (Å²) in [5.74, 6) is 1.33. The van der Waals surface area contributed by atoms with Gasteiger partial charge in [-0.05, 0) is 37.6 Å². The number of esters is 1. The number of carbonyl (C=O) groups is 1. The van der Waals surface area contributed by atoms with Crippen molar-refractivity contribution in [1.29, 1.82) is 0 Å². The molecule has 0 unspecified atom stereocenters. The van der Waals surface area contributed by atoms with Crippen molar-refractivity contribution in [2.24, 2.45) is 0 Å². The number of allylic oxidation sites excluding steroid dienone is 1. The fraction of sp³-hybridized carbons (Fsp3) is 0.217. The number of carbonyl (C=O) groups excluding carboxylic acids is 1. The fourth-order valence-corrected chi connectivity index (χ4v) is 4.32. The van der Waals surface area contributed by atoms with Crippen LogP contribution in [0.3, 0.4) is 0 Å². The number of rotatable bonds is 8. The number of aryl methyl sites for hydroxylation is 1. The van der Waals surface area contributed by atoms with Crippen LogP contribution in [0.5, 0.6) is 0 Å². The van der Waals surface area contributed by atoms with E-state index in [2.05, 4.69) is 16.8 Å². The van der Waals surface area contributed by atoms with Crippen LogP contribution in [0.2, 0.25) is 0 Å². The Morgan fingerprint density at radius 3 is 2.84 bits per heavy atom. The number of benzene rings is 1. The predicted octanol–water partition coefficient (Wildman–Crippen LogP) is 5.05. The van der Waals surface area contributed by atoms with Gasteiger partial charge in [-0.3, -0.25) is 9.55 Å². The highest BCUT2D eigenvalue weighted by molar-refractivity contribution is 7.98. The van der Waals surface area contributed by atoms with Gasteiger partial charge in [-0.1, -0.05) is 36.0 Å². The van der Waals surface area contributed by atoms with Crippen molar-refractivity contribution in [3.63, 3.8) is 0 Å². The highest BCUT2D eigenvalue weighted by atomic mass is 32.2. The van der Waals surface area contributed by atoms with Gasteiger partial charge in [0.15, 0.2) is 10.9 Å². The number of pyridine rings is 1. The van der Waals surface area contributed by atoms with E-state index in [0.717, 1.165) is 16.5 Å². The molecule has 0 aliphatic rings. The summed E-state index contributed by atoms with van der Waals surface area (Å²) >= 11 is 1.45. The molecule has 0 radical (unpaired) electrons. The van der Waals surface area contributed by atoms with Crippen molar-refractivity contribution >= 4 is 28.6 Å². The quantitative estimate of drug-likeness (QED) is 0.218. The van der Waals surface area contributed by atoms with Crippen LogP contribution >= 0.6 is 11.8 Å². The van der Waals surface area contributed by atoms with Crippen molar-refractivity contribution in [3.05, 3.63) is 72.1 Å². The number of ether oxygens (including phenoxy) is 1. The molecule has 0 fully saturated rings. The maximum absolute atomic E-state index is 12.7. The summed E-state index contributed by atoms with van der Waals surface area (Å²) in [7, 11) is 0. The second kappa shape index (κ2) is 9.18. The van der Waals surface area contributed by atoms with Gasteiger partial charge < -0.3 is 9.15 Å². The first kappa shape index (κ1) is 20.9. The lowest BCUT2D eigenvalue weighted by Crippen LogP contribution is -2.12. The molecule has 0 spiro atoms. The highest BCUT2D eigenvalue weighted by Gasteiger charge is 2.22. The van der Waals surface area contributed by atoms with Crippen LogP contribution in [0.4, 0.5) is 0 Å². The monoisotopic (exact) mass is 434 g/mol. The third-order valence-electron chi connectivity index (χ3n) is 4.81. The van der Waals surface area contributed by atoms with Gasteiger partial charge in [-0.25, -0.2) is 4.79 Å². The van der Waals surface area contributed by atoms with Gasteiger partial charge in [-0.2, -0.15) is 0 Å². The summed E-state index contributed by atoms with van der Waals surface area (Å²) in [6, 6.07) is 11.4. The number of furan rings is 1. The van der Waals surface area contributed by atoms with Crippen molar-refractivity contribution in [1.82, 2.24) is 19.7 Å². The predicted molar refractivity (Wildman–Crippen MR) is 120 cm³/mol. The van der Waals surface area contributed by atoms with E-state index in [-0.39, 0.29) is 5.97 Å². The second-order valence-corrected chi connectivity index (χ2v) is 7.71. The highest BCUT2D eigenvalue weighted by Crippen LogP contribution is 2.30. The number of aromatic nitrogens is 4. The van der Waals surface area contributed by atoms with Crippen LogP contribution < -0.4 is 0 Å². The third-order valence-corrected chi connectivity index (χ3v) is 5.79. The lowest BCUT2D eigenvalue weighted by atomic mass is 10.0. The Kier molecular flexibility index (Phi) is 6.18. The normalized spacial score (nSPS) is 11.0. The Morgan fingerprint density at radius 1 is 1.26 bits per heavy atom. The number of nitrogens with zero attached hydrogens (tertiary/aromatic N) is 4. The Morgan fingerprint density at radius 2 is 2.10 bits per heavy atom. The Balaban J connectivity index is 1.71.